The van der Waals surface area contributed by atoms with Crippen LogP contribution in [0.1, 0.15) is 22.8 Å². The Hall–Kier alpha value is -1.92. The summed E-state index contributed by atoms with van der Waals surface area (Å²) in [6.07, 6.45) is -1.18. The summed E-state index contributed by atoms with van der Waals surface area (Å²) >= 11 is 0. The summed E-state index contributed by atoms with van der Waals surface area (Å²) in [4.78, 5) is 22.8. The van der Waals surface area contributed by atoms with Crippen LogP contribution < -0.4 is 5.32 Å². The van der Waals surface area contributed by atoms with Crippen molar-refractivity contribution >= 4 is 11.9 Å². The number of hydrogen-bond acceptors (Lipinski definition) is 4. The van der Waals surface area contributed by atoms with E-state index in [2.05, 4.69) is 5.32 Å². The lowest BCUT2D eigenvalue weighted by Crippen LogP contribution is -2.47. The highest BCUT2D eigenvalue weighted by Gasteiger charge is 2.25. The van der Waals surface area contributed by atoms with Crippen molar-refractivity contribution in [1.29, 1.82) is 0 Å². The van der Waals surface area contributed by atoms with E-state index < -0.39 is 24.0 Å². The molecule has 0 spiro atoms. The van der Waals surface area contributed by atoms with Crippen LogP contribution in [0.5, 0.6) is 0 Å². The van der Waals surface area contributed by atoms with Gasteiger partial charge in [-0.25, -0.2) is 4.79 Å². The second-order valence-electron chi connectivity index (χ2n) is 4.16. The highest BCUT2D eigenvalue weighted by atomic mass is 16.5. The van der Waals surface area contributed by atoms with Crippen LogP contribution in [-0.2, 0) is 16.1 Å². The molecule has 0 aromatic heterocycles. The molecule has 0 heterocycles. The fraction of sp³-hybridized carbons (Fsp3) is 0.385. The van der Waals surface area contributed by atoms with Gasteiger partial charge in [0.25, 0.3) is 5.91 Å². The molecule has 0 saturated heterocycles. The molecule has 1 amide bonds. The number of benzene rings is 1. The van der Waals surface area contributed by atoms with Crippen molar-refractivity contribution in [3.8, 4) is 0 Å². The molecule has 0 aliphatic carbocycles. The standard InChI is InChI=1S/C13H17NO5/c1-8(15)11(13(17)18)14-12(16)10-5-3-4-9(6-10)7-19-2/h3-6,8,11,15H,7H2,1-2H3,(H,14,16)(H,17,18)/t8-,11+/m1/s1. The van der Waals surface area contributed by atoms with Crippen LogP contribution in [0.15, 0.2) is 24.3 Å². The van der Waals surface area contributed by atoms with E-state index in [1.165, 1.54) is 6.92 Å². The molecule has 1 aromatic carbocycles. The van der Waals surface area contributed by atoms with E-state index in [9.17, 15) is 14.7 Å². The third kappa shape index (κ3) is 4.35. The van der Waals surface area contributed by atoms with E-state index in [1.54, 1.807) is 31.4 Å². The summed E-state index contributed by atoms with van der Waals surface area (Å²) in [5.74, 6) is -1.83. The largest absolute Gasteiger partial charge is 0.480 e. The smallest absolute Gasteiger partial charge is 0.328 e. The Morgan fingerprint density at radius 3 is 2.63 bits per heavy atom. The molecular weight excluding hydrogens is 250 g/mol. The summed E-state index contributed by atoms with van der Waals surface area (Å²) in [7, 11) is 1.54. The molecule has 104 valence electrons. The number of nitrogens with one attached hydrogen (secondary N) is 1. The molecule has 0 radical (unpaired) electrons. The summed E-state index contributed by atoms with van der Waals surface area (Å²) < 4.78 is 4.95. The fourth-order valence-electron chi connectivity index (χ4n) is 1.58. The topological polar surface area (TPSA) is 95.9 Å². The van der Waals surface area contributed by atoms with E-state index >= 15 is 0 Å². The molecule has 0 fully saturated rings. The highest BCUT2D eigenvalue weighted by Crippen LogP contribution is 2.07. The third-order valence-corrected chi connectivity index (χ3v) is 2.54. The number of ether oxygens (including phenoxy) is 1. The quantitative estimate of drug-likeness (QED) is 0.693. The van der Waals surface area contributed by atoms with Gasteiger partial charge in [0.2, 0.25) is 0 Å². The van der Waals surface area contributed by atoms with E-state index in [4.69, 9.17) is 9.84 Å². The first kappa shape index (κ1) is 15.1. The van der Waals surface area contributed by atoms with Crippen molar-refractivity contribution in [2.45, 2.75) is 25.7 Å². The number of aliphatic carboxylic acids is 1. The van der Waals surface area contributed by atoms with E-state index in [0.29, 0.717) is 12.2 Å². The van der Waals surface area contributed by atoms with Crippen molar-refractivity contribution in [2.75, 3.05) is 7.11 Å². The number of aliphatic hydroxyl groups is 1. The lowest BCUT2D eigenvalue weighted by Gasteiger charge is -2.17. The normalized spacial score (nSPS) is 13.6. The third-order valence-electron chi connectivity index (χ3n) is 2.54. The molecule has 2 atom stereocenters. The molecule has 1 rings (SSSR count). The van der Waals surface area contributed by atoms with E-state index in [0.717, 1.165) is 5.56 Å². The van der Waals surface area contributed by atoms with Gasteiger partial charge in [0.15, 0.2) is 6.04 Å². The minimum absolute atomic E-state index is 0.321. The minimum atomic E-state index is -1.33. The number of aliphatic hydroxyl groups excluding tert-OH is 1. The first-order valence-electron chi connectivity index (χ1n) is 5.75. The Morgan fingerprint density at radius 2 is 2.11 bits per heavy atom. The minimum Gasteiger partial charge on any atom is -0.480 e. The Kier molecular flexibility index (Phi) is 5.47. The van der Waals surface area contributed by atoms with Gasteiger partial charge in [0.1, 0.15) is 0 Å². The van der Waals surface area contributed by atoms with Crippen molar-refractivity contribution in [1.82, 2.24) is 5.32 Å². The first-order chi connectivity index (χ1) is 8.95. The fourth-order valence-corrected chi connectivity index (χ4v) is 1.58. The summed E-state index contributed by atoms with van der Waals surface area (Å²) in [5, 5.41) is 20.5. The summed E-state index contributed by atoms with van der Waals surface area (Å²) in [6.45, 7) is 1.67. The van der Waals surface area contributed by atoms with Crippen LogP contribution in [0, 0.1) is 0 Å². The number of carbonyl (C=O) groups is 2. The number of hydrogen-bond donors (Lipinski definition) is 3. The van der Waals surface area contributed by atoms with Gasteiger partial charge in [-0.1, -0.05) is 12.1 Å². The zero-order chi connectivity index (χ0) is 14.4. The predicted molar refractivity (Wildman–Crippen MR) is 67.7 cm³/mol. The van der Waals surface area contributed by atoms with Crippen LogP contribution in [0.2, 0.25) is 0 Å². The van der Waals surface area contributed by atoms with Crippen LogP contribution in [0.25, 0.3) is 0 Å². The molecule has 19 heavy (non-hydrogen) atoms. The monoisotopic (exact) mass is 267 g/mol. The molecule has 6 nitrogen and oxygen atoms in total. The van der Waals surface area contributed by atoms with Gasteiger partial charge in [0.05, 0.1) is 12.7 Å². The van der Waals surface area contributed by atoms with Gasteiger partial charge in [-0.3, -0.25) is 4.79 Å². The van der Waals surface area contributed by atoms with E-state index in [1.807, 2.05) is 0 Å². The van der Waals surface area contributed by atoms with Crippen LogP contribution in [0.4, 0.5) is 0 Å². The molecule has 0 aliphatic rings. The molecule has 0 bridgehead atoms. The summed E-state index contributed by atoms with van der Waals surface area (Å²) in [5.41, 5.74) is 1.13. The van der Waals surface area contributed by atoms with Gasteiger partial charge >= 0.3 is 5.97 Å². The Bertz CT molecular complexity index is 458. The molecule has 3 N–H and O–H groups in total. The van der Waals surface area contributed by atoms with Crippen molar-refractivity contribution in [2.24, 2.45) is 0 Å². The first-order valence-corrected chi connectivity index (χ1v) is 5.75. The highest BCUT2D eigenvalue weighted by molar-refractivity contribution is 5.96. The second-order valence-corrected chi connectivity index (χ2v) is 4.16. The van der Waals surface area contributed by atoms with Gasteiger partial charge in [-0.2, -0.15) is 0 Å². The number of rotatable bonds is 6. The molecular formula is C13H17NO5. The zero-order valence-corrected chi connectivity index (χ0v) is 10.8. The van der Waals surface area contributed by atoms with Gasteiger partial charge in [0, 0.05) is 12.7 Å². The summed E-state index contributed by atoms with van der Waals surface area (Å²) in [6, 6.07) is 5.32. The Balaban J connectivity index is 2.82. The average molecular weight is 267 g/mol. The lowest BCUT2D eigenvalue weighted by molar-refractivity contribution is -0.141. The molecule has 6 heteroatoms. The number of carbonyl (C=O) groups excluding carboxylic acids is 1. The van der Waals surface area contributed by atoms with Gasteiger partial charge in [-0.15, -0.1) is 0 Å². The van der Waals surface area contributed by atoms with Gasteiger partial charge in [-0.05, 0) is 24.6 Å². The maximum atomic E-state index is 11.9. The second kappa shape index (κ2) is 6.86. The molecule has 0 saturated carbocycles. The maximum Gasteiger partial charge on any atom is 0.328 e. The van der Waals surface area contributed by atoms with Crippen LogP contribution in [0.3, 0.4) is 0 Å². The Labute approximate surface area is 111 Å². The van der Waals surface area contributed by atoms with Crippen molar-refractivity contribution in [3.05, 3.63) is 35.4 Å². The number of methoxy groups -OCH3 is 1. The zero-order valence-electron chi connectivity index (χ0n) is 10.8. The van der Waals surface area contributed by atoms with Crippen LogP contribution in [-0.4, -0.2) is 41.3 Å². The van der Waals surface area contributed by atoms with Gasteiger partial charge < -0.3 is 20.3 Å². The number of amides is 1. The van der Waals surface area contributed by atoms with E-state index in [-0.39, 0.29) is 0 Å². The van der Waals surface area contributed by atoms with Crippen LogP contribution >= 0.6 is 0 Å². The molecule has 0 unspecified atom stereocenters. The number of carboxylic acid groups (broad SMARTS) is 1. The predicted octanol–water partition coefficient (Wildman–Crippen LogP) is 0.397. The SMILES string of the molecule is COCc1cccc(C(=O)N[C@H](C(=O)O)[C@@H](C)O)c1. The van der Waals surface area contributed by atoms with Crippen molar-refractivity contribution in [3.63, 3.8) is 0 Å². The molecule has 1 aromatic rings. The van der Waals surface area contributed by atoms with Crippen molar-refractivity contribution < 1.29 is 24.5 Å². The lowest BCUT2D eigenvalue weighted by atomic mass is 10.1. The Morgan fingerprint density at radius 1 is 1.42 bits per heavy atom. The number of carboxylic acids is 1. The molecule has 0 aliphatic heterocycles. The average Bonchev–Trinajstić information content (AvgIpc) is 2.35. The maximum absolute atomic E-state index is 11.9.